The predicted molar refractivity (Wildman–Crippen MR) is 248 cm³/mol. The molecule has 3 N–H and O–H groups in total. The van der Waals surface area contributed by atoms with E-state index in [1.54, 1.807) is 24.3 Å². The Morgan fingerprint density at radius 1 is 0.607 bits per heavy atom. The summed E-state index contributed by atoms with van der Waals surface area (Å²) in [5.74, 6) is 3.79. The summed E-state index contributed by atoms with van der Waals surface area (Å²) in [6, 6.07) is 31.3. The van der Waals surface area contributed by atoms with Gasteiger partial charge in [0.25, 0.3) is 0 Å². The van der Waals surface area contributed by atoms with Crippen molar-refractivity contribution < 1.29 is 29.0 Å². The maximum Gasteiger partial charge on any atom is 0.240 e. The second-order valence-corrected chi connectivity index (χ2v) is 17.2. The SMILES string of the molecule is CCc1cccc(OCCC(CC)CCC(CC)CC(CC)CCOc2cccc(CON[C@@H](CC(C)C)C(=O)N[C@@H](Cc3ccc(O)cc3)C(=O)Cc3ccccc3)c2)c1. The number of hydroxylamine groups is 1. The fraction of sp³-hybridized carbons (Fsp3) is 0.509. The number of phenols is 1. The molecular formula is C53H74N2O6. The third-order valence-electron chi connectivity index (χ3n) is 12.0. The summed E-state index contributed by atoms with van der Waals surface area (Å²) in [6.07, 6.45) is 11.5. The smallest absolute Gasteiger partial charge is 0.240 e. The zero-order valence-electron chi connectivity index (χ0n) is 37.9. The second kappa shape index (κ2) is 27.3. The molecule has 8 nitrogen and oxygen atoms in total. The standard InChI is InChI=1S/C53H74N2O6/c1-7-40(28-30-59-48-20-14-18-41(8-2)34-48)22-23-42(9-3)33-43(10-4)29-31-60-49-21-15-19-46(35-49)38-61-55-51(32-39(5)6)53(58)54-50(36-45-24-26-47(56)27-25-45)52(57)37-44-16-12-11-13-17-44/h11-21,24-27,34-35,39-40,42-43,50-51,55-56H,7-10,22-23,28-33,36-38H2,1-6H3,(H,54,58)/t40?,42?,43?,50-,51-/m0/s1. The quantitative estimate of drug-likeness (QED) is 0.0449. The average molecular weight is 835 g/mol. The maximum atomic E-state index is 13.8. The number of nitrogens with one attached hydrogen (secondary N) is 2. The van der Waals surface area contributed by atoms with Crippen LogP contribution in [0.3, 0.4) is 0 Å². The van der Waals surface area contributed by atoms with Crippen LogP contribution in [-0.4, -0.2) is 42.1 Å². The highest BCUT2D eigenvalue weighted by atomic mass is 16.6. The zero-order chi connectivity index (χ0) is 43.8. The number of aryl methyl sites for hydroxylation is 1. The summed E-state index contributed by atoms with van der Waals surface area (Å²) in [5, 5.41) is 12.8. The summed E-state index contributed by atoms with van der Waals surface area (Å²) in [6.45, 7) is 14.9. The van der Waals surface area contributed by atoms with Crippen LogP contribution in [-0.2, 0) is 40.3 Å². The number of amides is 1. The molecule has 3 unspecified atom stereocenters. The molecule has 0 bridgehead atoms. The van der Waals surface area contributed by atoms with Gasteiger partial charge in [-0.1, -0.05) is 140 Å². The van der Waals surface area contributed by atoms with Gasteiger partial charge in [-0.15, -0.1) is 0 Å². The topological polar surface area (TPSA) is 106 Å². The number of hydrogen-bond donors (Lipinski definition) is 3. The van der Waals surface area contributed by atoms with Crippen LogP contribution >= 0.6 is 0 Å². The van der Waals surface area contributed by atoms with E-state index in [9.17, 15) is 14.7 Å². The molecule has 0 spiro atoms. The van der Waals surface area contributed by atoms with Gasteiger partial charge in [0.05, 0.1) is 25.9 Å². The molecule has 0 saturated carbocycles. The molecule has 1 amide bonds. The first-order valence-electron chi connectivity index (χ1n) is 23.0. The molecule has 0 fully saturated rings. The number of hydrogen-bond acceptors (Lipinski definition) is 7. The van der Waals surface area contributed by atoms with Gasteiger partial charge in [-0.25, -0.2) is 0 Å². The summed E-state index contributed by atoms with van der Waals surface area (Å²) in [4.78, 5) is 33.3. The number of rotatable bonds is 30. The molecule has 0 aromatic heterocycles. The Kier molecular flexibility index (Phi) is 21.9. The Hall–Kier alpha value is -4.66. The summed E-state index contributed by atoms with van der Waals surface area (Å²) in [5.41, 5.74) is 6.99. The Labute approximate surface area is 367 Å². The lowest BCUT2D eigenvalue weighted by atomic mass is 9.83. The Bertz CT molecular complexity index is 1830. The summed E-state index contributed by atoms with van der Waals surface area (Å²) < 4.78 is 12.4. The lowest BCUT2D eigenvalue weighted by Gasteiger charge is -2.24. The van der Waals surface area contributed by atoms with Crippen LogP contribution in [0.2, 0.25) is 0 Å². The van der Waals surface area contributed by atoms with Crippen LogP contribution in [0, 0.1) is 23.7 Å². The van der Waals surface area contributed by atoms with Crippen molar-refractivity contribution in [3.05, 3.63) is 125 Å². The largest absolute Gasteiger partial charge is 0.508 e. The molecular weight excluding hydrogens is 761 g/mol. The van der Waals surface area contributed by atoms with Gasteiger partial charge in [0.2, 0.25) is 5.91 Å². The van der Waals surface area contributed by atoms with Crippen molar-refractivity contribution in [1.29, 1.82) is 0 Å². The fourth-order valence-corrected chi connectivity index (χ4v) is 7.95. The van der Waals surface area contributed by atoms with Crippen molar-refractivity contribution in [2.45, 2.75) is 137 Å². The van der Waals surface area contributed by atoms with E-state index in [2.05, 4.69) is 76.6 Å². The highest BCUT2D eigenvalue weighted by Crippen LogP contribution is 2.29. The third kappa shape index (κ3) is 18.5. The van der Waals surface area contributed by atoms with Gasteiger partial charge in [0.15, 0.2) is 5.78 Å². The lowest BCUT2D eigenvalue weighted by Crippen LogP contribution is -2.51. The minimum absolute atomic E-state index is 0.0869. The molecule has 5 atom stereocenters. The van der Waals surface area contributed by atoms with E-state index in [1.165, 1.54) is 37.7 Å². The van der Waals surface area contributed by atoms with Gasteiger partial charge in [0.1, 0.15) is 23.3 Å². The molecule has 4 aromatic carbocycles. The number of ketones is 1. The van der Waals surface area contributed by atoms with Crippen molar-refractivity contribution in [2.24, 2.45) is 23.7 Å². The molecule has 4 rings (SSSR count). The van der Waals surface area contributed by atoms with E-state index in [0.717, 1.165) is 66.4 Å². The maximum absolute atomic E-state index is 13.8. The highest BCUT2D eigenvalue weighted by molar-refractivity contribution is 5.92. The van der Waals surface area contributed by atoms with E-state index in [4.69, 9.17) is 14.3 Å². The third-order valence-corrected chi connectivity index (χ3v) is 12.0. The van der Waals surface area contributed by atoms with Gasteiger partial charge < -0.3 is 19.9 Å². The van der Waals surface area contributed by atoms with Crippen LogP contribution < -0.4 is 20.3 Å². The van der Waals surface area contributed by atoms with Crippen LogP contribution in [0.4, 0.5) is 0 Å². The lowest BCUT2D eigenvalue weighted by molar-refractivity contribution is -0.132. The van der Waals surface area contributed by atoms with Crippen LogP contribution in [0.1, 0.15) is 122 Å². The molecule has 61 heavy (non-hydrogen) atoms. The van der Waals surface area contributed by atoms with Gasteiger partial charge >= 0.3 is 0 Å². The number of ether oxygens (including phenoxy) is 2. The van der Waals surface area contributed by atoms with Gasteiger partial charge in [0, 0.05) is 6.42 Å². The van der Waals surface area contributed by atoms with E-state index >= 15 is 0 Å². The number of carbonyl (C=O) groups is 2. The first-order chi connectivity index (χ1) is 29.6. The van der Waals surface area contributed by atoms with E-state index in [1.807, 2.05) is 54.6 Å². The molecule has 8 heteroatoms. The molecule has 4 aromatic rings. The number of phenolic OH excluding ortho intramolecular Hbond substituents is 1. The number of carbonyl (C=O) groups excluding carboxylic acids is 2. The monoisotopic (exact) mass is 835 g/mol. The van der Waals surface area contributed by atoms with Gasteiger partial charge in [-0.05, 0) is 121 Å². The number of Topliss-reactive ketones (excluding diaryl/α,β-unsaturated/α-hetero) is 1. The van der Waals surface area contributed by atoms with E-state index in [-0.39, 0.29) is 36.4 Å². The molecule has 0 aliphatic rings. The van der Waals surface area contributed by atoms with Crippen LogP contribution in [0.25, 0.3) is 0 Å². The molecule has 0 radical (unpaired) electrons. The molecule has 0 aliphatic heterocycles. The fourth-order valence-electron chi connectivity index (χ4n) is 7.95. The van der Waals surface area contributed by atoms with Crippen molar-refractivity contribution in [1.82, 2.24) is 10.8 Å². The summed E-state index contributed by atoms with van der Waals surface area (Å²) >= 11 is 0. The number of benzene rings is 4. The minimum atomic E-state index is -0.749. The predicted octanol–water partition coefficient (Wildman–Crippen LogP) is 11.4. The Balaban J connectivity index is 1.23. The minimum Gasteiger partial charge on any atom is -0.508 e. The van der Waals surface area contributed by atoms with Crippen LogP contribution in [0.15, 0.2) is 103 Å². The molecule has 0 heterocycles. The van der Waals surface area contributed by atoms with E-state index < -0.39 is 12.1 Å². The summed E-state index contributed by atoms with van der Waals surface area (Å²) in [7, 11) is 0. The van der Waals surface area contributed by atoms with Crippen molar-refractivity contribution in [3.63, 3.8) is 0 Å². The zero-order valence-corrected chi connectivity index (χ0v) is 37.9. The Morgan fingerprint density at radius 2 is 1.18 bits per heavy atom. The molecule has 0 saturated heterocycles. The number of aromatic hydroxyl groups is 1. The van der Waals surface area contributed by atoms with Crippen molar-refractivity contribution in [2.75, 3.05) is 13.2 Å². The second-order valence-electron chi connectivity index (χ2n) is 17.2. The molecule has 0 aliphatic carbocycles. The average Bonchev–Trinajstić information content (AvgIpc) is 3.27. The van der Waals surface area contributed by atoms with E-state index in [0.29, 0.717) is 31.3 Å². The normalized spacial score (nSPS) is 13.9. The van der Waals surface area contributed by atoms with Crippen LogP contribution in [0.5, 0.6) is 17.2 Å². The highest BCUT2D eigenvalue weighted by Gasteiger charge is 2.27. The van der Waals surface area contributed by atoms with Crippen molar-refractivity contribution >= 4 is 11.7 Å². The van der Waals surface area contributed by atoms with Crippen molar-refractivity contribution in [3.8, 4) is 17.2 Å². The first-order valence-corrected chi connectivity index (χ1v) is 23.0. The first kappa shape index (κ1) is 49.0. The van der Waals surface area contributed by atoms with Gasteiger partial charge in [-0.2, -0.15) is 5.48 Å². The van der Waals surface area contributed by atoms with Gasteiger partial charge in [-0.3, -0.25) is 14.4 Å². The Morgan fingerprint density at radius 3 is 1.80 bits per heavy atom. The molecule has 332 valence electrons.